The summed E-state index contributed by atoms with van der Waals surface area (Å²) >= 11 is 0. The molecular formula is C20H38O2S2. The largest absolute Gasteiger partial charge is 0.396 e. The van der Waals surface area contributed by atoms with E-state index in [1.807, 2.05) is 21.6 Å². The molecule has 0 fully saturated rings. The lowest BCUT2D eigenvalue weighted by Crippen LogP contribution is -1.97. The van der Waals surface area contributed by atoms with Gasteiger partial charge in [-0.25, -0.2) is 0 Å². The lowest BCUT2D eigenvalue weighted by Gasteiger charge is -2.08. The maximum absolute atomic E-state index is 8.90. The van der Waals surface area contributed by atoms with Gasteiger partial charge in [-0.3, -0.25) is 0 Å². The zero-order valence-electron chi connectivity index (χ0n) is 16.1. The van der Waals surface area contributed by atoms with Gasteiger partial charge in [-0.2, -0.15) is 0 Å². The Kier molecular flexibility index (Phi) is 16.6. The van der Waals surface area contributed by atoms with Crippen LogP contribution in [0, 0.1) is 11.8 Å². The van der Waals surface area contributed by atoms with Gasteiger partial charge >= 0.3 is 0 Å². The molecule has 0 aromatic heterocycles. The van der Waals surface area contributed by atoms with E-state index in [4.69, 9.17) is 10.2 Å². The molecule has 2 atom stereocenters. The fraction of sp³-hybridized carbons (Fsp3) is 0.800. The summed E-state index contributed by atoms with van der Waals surface area (Å²) in [7, 11) is 3.88. The maximum Gasteiger partial charge on any atom is 0.0433 e. The Balaban J connectivity index is 3.72. The third kappa shape index (κ3) is 15.6. The van der Waals surface area contributed by atoms with Crippen LogP contribution in [0.1, 0.15) is 66.2 Å². The number of rotatable bonds is 15. The summed E-state index contributed by atoms with van der Waals surface area (Å²) in [6.07, 6.45) is 11.1. The van der Waals surface area contributed by atoms with E-state index in [-0.39, 0.29) is 0 Å². The molecule has 0 amide bonds. The second-order valence-electron chi connectivity index (χ2n) is 7.01. The van der Waals surface area contributed by atoms with Crippen molar-refractivity contribution >= 4 is 21.6 Å². The maximum atomic E-state index is 8.90. The van der Waals surface area contributed by atoms with E-state index in [0.717, 1.165) is 37.2 Å². The third-order valence-corrected chi connectivity index (χ3v) is 6.73. The quantitative estimate of drug-likeness (QED) is 0.214. The first-order valence-corrected chi connectivity index (χ1v) is 11.8. The summed E-state index contributed by atoms with van der Waals surface area (Å²) in [5.74, 6) is 3.43. The molecule has 0 saturated carbocycles. The fourth-order valence-electron chi connectivity index (χ4n) is 2.35. The van der Waals surface area contributed by atoms with Crippen molar-refractivity contribution in [3.8, 4) is 0 Å². The molecule has 4 heteroatoms. The van der Waals surface area contributed by atoms with Crippen LogP contribution in [0.25, 0.3) is 0 Å². The van der Waals surface area contributed by atoms with Crippen molar-refractivity contribution in [2.24, 2.45) is 11.8 Å². The minimum absolute atomic E-state index is 0.309. The first-order valence-electron chi connectivity index (χ1n) is 9.27. The molecule has 0 aliphatic carbocycles. The molecule has 0 rings (SSSR count). The molecule has 0 radical (unpaired) electrons. The predicted molar refractivity (Wildman–Crippen MR) is 113 cm³/mol. The molecule has 0 aromatic rings. The minimum atomic E-state index is 0.309. The van der Waals surface area contributed by atoms with E-state index in [2.05, 4.69) is 39.8 Å². The van der Waals surface area contributed by atoms with Crippen molar-refractivity contribution in [1.29, 1.82) is 0 Å². The van der Waals surface area contributed by atoms with Gasteiger partial charge in [0.15, 0.2) is 0 Å². The third-order valence-electron chi connectivity index (χ3n) is 4.20. The Morgan fingerprint density at radius 1 is 0.750 bits per heavy atom. The van der Waals surface area contributed by atoms with Crippen molar-refractivity contribution in [2.45, 2.75) is 66.2 Å². The first-order chi connectivity index (χ1) is 11.5. The van der Waals surface area contributed by atoms with E-state index < -0.39 is 0 Å². The minimum Gasteiger partial charge on any atom is -0.396 e. The normalized spacial score (nSPS) is 15.6. The molecular weight excluding hydrogens is 336 g/mol. The Morgan fingerprint density at radius 3 is 1.46 bits per heavy atom. The molecule has 0 saturated heterocycles. The number of hydrogen-bond acceptors (Lipinski definition) is 4. The summed E-state index contributed by atoms with van der Waals surface area (Å²) < 4.78 is 0. The molecule has 0 aliphatic rings. The zero-order chi connectivity index (χ0) is 18.2. The van der Waals surface area contributed by atoms with Crippen molar-refractivity contribution < 1.29 is 10.2 Å². The van der Waals surface area contributed by atoms with Crippen molar-refractivity contribution in [3.63, 3.8) is 0 Å². The van der Waals surface area contributed by atoms with Gasteiger partial charge in [-0.15, -0.1) is 0 Å². The van der Waals surface area contributed by atoms with Gasteiger partial charge in [0.1, 0.15) is 0 Å². The van der Waals surface area contributed by atoms with Crippen LogP contribution in [-0.2, 0) is 0 Å². The van der Waals surface area contributed by atoms with Gasteiger partial charge in [0, 0.05) is 24.7 Å². The molecule has 0 bridgehead atoms. The summed E-state index contributed by atoms with van der Waals surface area (Å²) in [4.78, 5) is 0. The van der Waals surface area contributed by atoms with Gasteiger partial charge in [0.25, 0.3) is 0 Å². The van der Waals surface area contributed by atoms with E-state index in [1.165, 1.54) is 24.0 Å². The van der Waals surface area contributed by atoms with Gasteiger partial charge < -0.3 is 10.2 Å². The molecule has 2 nitrogen and oxygen atoms in total. The highest BCUT2D eigenvalue weighted by atomic mass is 33.1. The molecule has 142 valence electrons. The number of allylic oxidation sites excluding steroid dienone is 2. The van der Waals surface area contributed by atoms with Crippen LogP contribution in [0.15, 0.2) is 23.3 Å². The highest BCUT2D eigenvalue weighted by Gasteiger charge is 2.01. The highest BCUT2D eigenvalue weighted by Crippen LogP contribution is 2.26. The lowest BCUT2D eigenvalue weighted by molar-refractivity contribution is 0.258. The number of aliphatic hydroxyl groups excluding tert-OH is 2. The first kappa shape index (κ1) is 24.1. The van der Waals surface area contributed by atoms with Crippen LogP contribution in [0.2, 0.25) is 0 Å². The summed E-state index contributed by atoms with van der Waals surface area (Å²) in [5.41, 5.74) is 2.92. The van der Waals surface area contributed by atoms with Crippen LogP contribution in [0.4, 0.5) is 0 Å². The molecule has 2 unspecified atom stereocenters. The smallest absolute Gasteiger partial charge is 0.0433 e. The Morgan fingerprint density at radius 2 is 1.12 bits per heavy atom. The summed E-state index contributed by atoms with van der Waals surface area (Å²) in [6, 6.07) is 0. The second kappa shape index (κ2) is 16.6. The molecule has 0 aliphatic heterocycles. The predicted octanol–water partition coefficient (Wildman–Crippen LogP) is 5.86. The van der Waals surface area contributed by atoms with E-state index >= 15 is 0 Å². The van der Waals surface area contributed by atoms with E-state index in [1.54, 1.807) is 0 Å². The van der Waals surface area contributed by atoms with Gasteiger partial charge in [-0.05, 0) is 64.2 Å². The number of aliphatic hydroxyl groups is 2. The molecule has 0 heterocycles. The topological polar surface area (TPSA) is 40.5 Å². The molecule has 0 aromatic carbocycles. The zero-order valence-corrected chi connectivity index (χ0v) is 17.7. The fourth-order valence-corrected chi connectivity index (χ4v) is 4.73. The Bertz CT molecular complexity index is 320. The van der Waals surface area contributed by atoms with Crippen LogP contribution >= 0.6 is 21.6 Å². The summed E-state index contributed by atoms with van der Waals surface area (Å²) in [5, 5.41) is 17.8. The van der Waals surface area contributed by atoms with Crippen molar-refractivity contribution in [1.82, 2.24) is 0 Å². The molecule has 0 spiro atoms. The van der Waals surface area contributed by atoms with Crippen LogP contribution in [0.3, 0.4) is 0 Å². The standard InChI is InChI=1S/C20H38O2S2/c1-17(11-13-21)7-5-9-19(3)15-23-24-16-20(4)10-6-8-18(2)12-14-22/h9-10,17-18,21-22H,5-8,11-16H2,1-4H3/b19-9-,20-10-. The van der Waals surface area contributed by atoms with E-state index in [0.29, 0.717) is 25.0 Å². The van der Waals surface area contributed by atoms with Crippen LogP contribution in [-0.4, -0.2) is 34.9 Å². The van der Waals surface area contributed by atoms with Crippen LogP contribution < -0.4 is 0 Å². The van der Waals surface area contributed by atoms with Crippen LogP contribution in [0.5, 0.6) is 0 Å². The SMILES string of the molecule is C/C(=C/CCC(C)CCO)CSSC/C(C)=C\CCC(C)CCO. The average molecular weight is 375 g/mol. The molecule has 24 heavy (non-hydrogen) atoms. The monoisotopic (exact) mass is 374 g/mol. The summed E-state index contributed by atoms with van der Waals surface area (Å²) in [6.45, 7) is 9.48. The van der Waals surface area contributed by atoms with Gasteiger partial charge in [0.05, 0.1) is 0 Å². The Hall–Kier alpha value is 0.1000. The molecule has 2 N–H and O–H groups in total. The van der Waals surface area contributed by atoms with Gasteiger partial charge in [0.2, 0.25) is 0 Å². The second-order valence-corrected chi connectivity index (χ2v) is 9.48. The Labute approximate surface area is 158 Å². The average Bonchev–Trinajstić information content (AvgIpc) is 2.52. The lowest BCUT2D eigenvalue weighted by atomic mass is 10.0. The highest BCUT2D eigenvalue weighted by molar-refractivity contribution is 8.76. The van der Waals surface area contributed by atoms with E-state index in [9.17, 15) is 0 Å². The van der Waals surface area contributed by atoms with Crippen molar-refractivity contribution in [3.05, 3.63) is 23.3 Å². The van der Waals surface area contributed by atoms with Gasteiger partial charge in [-0.1, -0.05) is 58.7 Å². The number of hydrogen-bond donors (Lipinski definition) is 2. The van der Waals surface area contributed by atoms with Crippen molar-refractivity contribution in [2.75, 3.05) is 24.7 Å².